The van der Waals surface area contributed by atoms with Crippen molar-refractivity contribution >= 4 is 32.9 Å². The van der Waals surface area contributed by atoms with Crippen LogP contribution in [-0.2, 0) is 6.42 Å². The smallest absolute Gasteiger partial charge is 0.0709 e. The Balaban J connectivity index is 1.50. The summed E-state index contributed by atoms with van der Waals surface area (Å²) in [5.41, 5.74) is 8.53. The first-order valence-electron chi connectivity index (χ1n) is 10.7. The Morgan fingerprint density at radius 2 is 1.42 bits per heavy atom. The number of para-hydroxylation sites is 1. The van der Waals surface area contributed by atoms with Gasteiger partial charge in [0, 0.05) is 30.7 Å². The van der Waals surface area contributed by atoms with Crippen LogP contribution in [-0.4, -0.2) is 12.0 Å². The Morgan fingerprint density at radius 3 is 2.35 bits per heavy atom. The molecule has 2 nitrogen and oxygen atoms in total. The van der Waals surface area contributed by atoms with Crippen molar-refractivity contribution in [2.45, 2.75) is 6.42 Å². The van der Waals surface area contributed by atoms with Crippen LogP contribution < -0.4 is 4.90 Å². The SMILES string of the molecule is CN1C=C(c2ccc3ccccc3n2)Cc2c(-c3cccc4ccccc34)cccc21. The lowest BCUT2D eigenvalue weighted by Gasteiger charge is -2.28. The summed E-state index contributed by atoms with van der Waals surface area (Å²) in [7, 11) is 2.13. The second kappa shape index (κ2) is 7.10. The molecular weight excluding hydrogens is 376 g/mol. The Hall–Kier alpha value is -3.91. The maximum Gasteiger partial charge on any atom is 0.0709 e. The molecule has 0 unspecified atom stereocenters. The fourth-order valence-corrected chi connectivity index (χ4v) is 4.74. The molecule has 2 heteroatoms. The molecule has 31 heavy (non-hydrogen) atoms. The largest absolute Gasteiger partial charge is 0.350 e. The maximum absolute atomic E-state index is 4.96. The van der Waals surface area contributed by atoms with Crippen LogP contribution in [0.5, 0.6) is 0 Å². The zero-order chi connectivity index (χ0) is 20.8. The summed E-state index contributed by atoms with van der Waals surface area (Å²) < 4.78 is 0. The Bertz CT molecular complexity index is 1470. The second-order valence-electron chi connectivity index (χ2n) is 8.16. The van der Waals surface area contributed by atoms with E-state index < -0.39 is 0 Å². The van der Waals surface area contributed by atoms with Crippen molar-refractivity contribution in [1.82, 2.24) is 4.98 Å². The topological polar surface area (TPSA) is 16.1 Å². The molecule has 6 rings (SSSR count). The van der Waals surface area contributed by atoms with Gasteiger partial charge in [-0.2, -0.15) is 0 Å². The standard InChI is InChI=1S/C29H22N2/c1-31-19-22(28-17-16-21-9-3-5-14-27(21)30-28)18-26-25(13-7-15-29(26)31)24-12-6-10-20-8-2-4-11-23(20)24/h2-17,19H,18H2,1H3. The third-order valence-electron chi connectivity index (χ3n) is 6.26. The molecule has 1 aliphatic heterocycles. The van der Waals surface area contributed by atoms with E-state index in [1.54, 1.807) is 0 Å². The van der Waals surface area contributed by atoms with Gasteiger partial charge in [0.25, 0.3) is 0 Å². The van der Waals surface area contributed by atoms with Gasteiger partial charge in [0.15, 0.2) is 0 Å². The van der Waals surface area contributed by atoms with Gasteiger partial charge < -0.3 is 4.90 Å². The number of hydrogen-bond acceptors (Lipinski definition) is 2. The molecule has 0 aliphatic carbocycles. The number of nitrogens with zero attached hydrogens (tertiary/aromatic N) is 2. The summed E-state index contributed by atoms with van der Waals surface area (Å²) in [6, 6.07) is 34.5. The van der Waals surface area contributed by atoms with Crippen LogP contribution in [0.2, 0.25) is 0 Å². The minimum atomic E-state index is 0.865. The summed E-state index contributed by atoms with van der Waals surface area (Å²) in [6.07, 6.45) is 3.09. The van der Waals surface area contributed by atoms with E-state index in [4.69, 9.17) is 4.98 Å². The van der Waals surface area contributed by atoms with Crippen molar-refractivity contribution in [3.8, 4) is 11.1 Å². The predicted octanol–water partition coefficient (Wildman–Crippen LogP) is 7.09. The lowest BCUT2D eigenvalue weighted by atomic mass is 9.88. The minimum absolute atomic E-state index is 0.865. The van der Waals surface area contributed by atoms with Gasteiger partial charge in [-0.25, -0.2) is 4.98 Å². The molecule has 4 aromatic carbocycles. The summed E-state index contributed by atoms with van der Waals surface area (Å²) >= 11 is 0. The van der Waals surface area contributed by atoms with E-state index in [1.807, 2.05) is 0 Å². The van der Waals surface area contributed by atoms with Gasteiger partial charge in [-0.05, 0) is 51.2 Å². The van der Waals surface area contributed by atoms with Crippen molar-refractivity contribution in [1.29, 1.82) is 0 Å². The Morgan fingerprint density at radius 1 is 0.677 bits per heavy atom. The van der Waals surface area contributed by atoms with E-state index in [1.165, 1.54) is 44.1 Å². The monoisotopic (exact) mass is 398 g/mol. The van der Waals surface area contributed by atoms with Gasteiger partial charge in [0.1, 0.15) is 0 Å². The molecule has 1 aromatic heterocycles. The van der Waals surface area contributed by atoms with Crippen LogP contribution in [0.4, 0.5) is 5.69 Å². The first-order valence-corrected chi connectivity index (χ1v) is 10.7. The number of aromatic nitrogens is 1. The molecule has 0 saturated heterocycles. The number of benzene rings is 4. The maximum atomic E-state index is 4.96. The fraction of sp³-hybridized carbons (Fsp3) is 0.0690. The average molecular weight is 399 g/mol. The van der Waals surface area contributed by atoms with Crippen molar-refractivity contribution in [3.05, 3.63) is 115 Å². The molecular formula is C29H22N2. The van der Waals surface area contributed by atoms with Crippen LogP contribution in [0.25, 0.3) is 38.4 Å². The number of anilines is 1. The minimum Gasteiger partial charge on any atom is -0.350 e. The van der Waals surface area contributed by atoms with Crippen LogP contribution in [0.15, 0.2) is 103 Å². The van der Waals surface area contributed by atoms with Crippen molar-refractivity contribution in [2.24, 2.45) is 0 Å². The van der Waals surface area contributed by atoms with Crippen LogP contribution >= 0.6 is 0 Å². The lowest BCUT2D eigenvalue weighted by Crippen LogP contribution is -2.17. The van der Waals surface area contributed by atoms with Gasteiger partial charge in [-0.1, -0.05) is 78.9 Å². The van der Waals surface area contributed by atoms with E-state index in [2.05, 4.69) is 115 Å². The van der Waals surface area contributed by atoms with E-state index in [0.29, 0.717) is 0 Å². The fourth-order valence-electron chi connectivity index (χ4n) is 4.74. The van der Waals surface area contributed by atoms with E-state index in [0.717, 1.165) is 17.6 Å². The number of rotatable bonds is 2. The first-order chi connectivity index (χ1) is 15.3. The summed E-state index contributed by atoms with van der Waals surface area (Å²) in [5, 5.41) is 3.74. The Kier molecular flexibility index (Phi) is 4.10. The van der Waals surface area contributed by atoms with Crippen LogP contribution in [0.3, 0.4) is 0 Å². The summed E-state index contributed by atoms with van der Waals surface area (Å²) in [5.74, 6) is 0. The van der Waals surface area contributed by atoms with E-state index in [9.17, 15) is 0 Å². The molecule has 0 saturated carbocycles. The van der Waals surface area contributed by atoms with Crippen molar-refractivity contribution < 1.29 is 0 Å². The highest BCUT2D eigenvalue weighted by Gasteiger charge is 2.21. The van der Waals surface area contributed by atoms with E-state index >= 15 is 0 Å². The molecule has 5 aromatic rings. The summed E-state index contributed by atoms with van der Waals surface area (Å²) in [6.45, 7) is 0. The van der Waals surface area contributed by atoms with Gasteiger partial charge in [-0.3, -0.25) is 0 Å². The molecule has 0 fully saturated rings. The normalized spacial score (nSPS) is 13.3. The molecule has 0 amide bonds. The first kappa shape index (κ1) is 17.9. The molecule has 0 spiro atoms. The molecule has 0 atom stereocenters. The molecule has 0 bridgehead atoms. The van der Waals surface area contributed by atoms with Crippen molar-refractivity contribution in [2.75, 3.05) is 11.9 Å². The lowest BCUT2D eigenvalue weighted by molar-refractivity contribution is 1.09. The van der Waals surface area contributed by atoms with Crippen molar-refractivity contribution in [3.63, 3.8) is 0 Å². The third-order valence-corrected chi connectivity index (χ3v) is 6.26. The molecule has 2 heterocycles. The van der Waals surface area contributed by atoms with Gasteiger partial charge in [0.05, 0.1) is 11.2 Å². The molecule has 148 valence electrons. The molecule has 1 aliphatic rings. The number of pyridine rings is 1. The third kappa shape index (κ3) is 3.00. The summed E-state index contributed by atoms with van der Waals surface area (Å²) in [4.78, 5) is 7.20. The van der Waals surface area contributed by atoms with Crippen LogP contribution in [0, 0.1) is 0 Å². The highest BCUT2D eigenvalue weighted by molar-refractivity contribution is 5.99. The average Bonchev–Trinajstić information content (AvgIpc) is 2.83. The quantitative estimate of drug-likeness (QED) is 0.316. The Labute approximate surface area is 182 Å². The zero-order valence-corrected chi connectivity index (χ0v) is 17.4. The van der Waals surface area contributed by atoms with Gasteiger partial charge in [-0.15, -0.1) is 0 Å². The number of hydrogen-bond donors (Lipinski definition) is 0. The highest BCUT2D eigenvalue weighted by Crippen LogP contribution is 2.40. The van der Waals surface area contributed by atoms with E-state index in [-0.39, 0.29) is 0 Å². The van der Waals surface area contributed by atoms with Crippen LogP contribution in [0.1, 0.15) is 11.3 Å². The zero-order valence-electron chi connectivity index (χ0n) is 17.4. The molecule has 0 radical (unpaired) electrons. The number of allylic oxidation sites excluding steroid dienone is 1. The molecule has 0 N–H and O–H groups in total. The second-order valence-corrected chi connectivity index (χ2v) is 8.16. The van der Waals surface area contributed by atoms with Gasteiger partial charge >= 0.3 is 0 Å². The van der Waals surface area contributed by atoms with Gasteiger partial charge in [0.2, 0.25) is 0 Å². The highest BCUT2D eigenvalue weighted by atomic mass is 15.1. The number of fused-ring (bicyclic) bond motifs is 3. The predicted molar refractivity (Wildman–Crippen MR) is 131 cm³/mol.